The summed E-state index contributed by atoms with van der Waals surface area (Å²) >= 11 is 0. The molecule has 0 rings (SSSR count). The van der Waals surface area contributed by atoms with Crippen LogP contribution < -0.4 is 10.6 Å². The van der Waals surface area contributed by atoms with Gasteiger partial charge in [0.05, 0.1) is 0 Å². The molecule has 0 radical (unpaired) electrons. The molecule has 0 saturated heterocycles. The van der Waals surface area contributed by atoms with E-state index in [0.717, 1.165) is 6.54 Å². The Bertz CT molecular complexity index is 173. The predicted molar refractivity (Wildman–Crippen MR) is 60.2 cm³/mol. The van der Waals surface area contributed by atoms with Crippen LogP contribution in [-0.2, 0) is 4.79 Å². The van der Waals surface area contributed by atoms with Crippen LogP contribution >= 0.6 is 0 Å². The van der Waals surface area contributed by atoms with Crippen molar-refractivity contribution >= 4 is 5.91 Å². The van der Waals surface area contributed by atoms with Crippen LogP contribution in [0.1, 0.15) is 41.0 Å². The number of rotatable bonds is 5. The molecule has 0 heterocycles. The number of amides is 1. The summed E-state index contributed by atoms with van der Waals surface area (Å²) in [5, 5.41) is 6.17. The van der Waals surface area contributed by atoms with E-state index in [9.17, 15) is 4.79 Å². The molecule has 0 unspecified atom stereocenters. The van der Waals surface area contributed by atoms with Crippen molar-refractivity contribution in [3.05, 3.63) is 0 Å². The first-order valence-corrected chi connectivity index (χ1v) is 5.35. The van der Waals surface area contributed by atoms with Gasteiger partial charge in [-0.3, -0.25) is 4.79 Å². The lowest BCUT2D eigenvalue weighted by Gasteiger charge is -2.19. The van der Waals surface area contributed by atoms with Crippen LogP contribution in [0, 0.1) is 5.41 Å². The molecule has 0 aliphatic heterocycles. The van der Waals surface area contributed by atoms with Crippen molar-refractivity contribution in [3.63, 3.8) is 0 Å². The second-order valence-electron chi connectivity index (χ2n) is 5.00. The lowest BCUT2D eigenvalue weighted by atomic mass is 9.92. The Labute approximate surface area is 87.6 Å². The number of carbonyl (C=O) groups is 1. The molecular weight excluding hydrogens is 176 g/mol. The smallest absolute Gasteiger partial charge is 0.220 e. The first-order valence-electron chi connectivity index (χ1n) is 5.35. The molecule has 0 saturated carbocycles. The van der Waals surface area contributed by atoms with E-state index in [1.54, 1.807) is 0 Å². The van der Waals surface area contributed by atoms with Gasteiger partial charge in [0.15, 0.2) is 0 Å². The highest BCUT2D eigenvalue weighted by Crippen LogP contribution is 2.17. The maximum atomic E-state index is 11.4. The molecule has 0 aromatic rings. The molecule has 84 valence electrons. The molecule has 1 atom stereocenters. The van der Waals surface area contributed by atoms with Gasteiger partial charge in [-0.1, -0.05) is 27.7 Å². The monoisotopic (exact) mass is 200 g/mol. The zero-order valence-electron chi connectivity index (χ0n) is 10.1. The van der Waals surface area contributed by atoms with E-state index >= 15 is 0 Å². The van der Waals surface area contributed by atoms with Gasteiger partial charge in [0.2, 0.25) is 5.91 Å². The van der Waals surface area contributed by atoms with Gasteiger partial charge in [-0.25, -0.2) is 0 Å². The third kappa shape index (κ3) is 8.05. The van der Waals surface area contributed by atoms with Crippen LogP contribution in [0.15, 0.2) is 0 Å². The summed E-state index contributed by atoms with van der Waals surface area (Å²) in [7, 11) is 0. The molecule has 3 heteroatoms. The van der Waals surface area contributed by atoms with E-state index in [0.29, 0.717) is 19.0 Å². The van der Waals surface area contributed by atoms with Crippen molar-refractivity contribution in [2.45, 2.75) is 47.1 Å². The Morgan fingerprint density at radius 2 is 1.93 bits per heavy atom. The fourth-order valence-electron chi connectivity index (χ4n) is 1.23. The fraction of sp³-hybridized carbons (Fsp3) is 0.909. The second kappa shape index (κ2) is 6.02. The Hall–Kier alpha value is -0.570. The molecule has 0 fully saturated rings. The highest BCUT2D eigenvalue weighted by atomic mass is 16.1. The quantitative estimate of drug-likeness (QED) is 0.707. The SMILES string of the molecule is CCN[C@H](C)CNC(=O)CC(C)(C)C. The zero-order valence-corrected chi connectivity index (χ0v) is 10.1. The van der Waals surface area contributed by atoms with Gasteiger partial charge in [-0.2, -0.15) is 0 Å². The molecule has 2 N–H and O–H groups in total. The molecular formula is C11H24N2O. The standard InChI is InChI=1S/C11H24N2O/c1-6-12-9(2)8-13-10(14)7-11(3,4)5/h9,12H,6-8H2,1-5H3,(H,13,14)/t9-/m1/s1. The number of hydrogen-bond acceptors (Lipinski definition) is 2. The van der Waals surface area contributed by atoms with Gasteiger partial charge in [-0.05, 0) is 18.9 Å². The van der Waals surface area contributed by atoms with Crippen molar-refractivity contribution in [3.8, 4) is 0 Å². The maximum Gasteiger partial charge on any atom is 0.220 e. The highest BCUT2D eigenvalue weighted by molar-refractivity contribution is 5.76. The van der Waals surface area contributed by atoms with E-state index in [-0.39, 0.29) is 11.3 Å². The first kappa shape index (κ1) is 13.4. The Morgan fingerprint density at radius 1 is 1.36 bits per heavy atom. The van der Waals surface area contributed by atoms with Crippen molar-refractivity contribution in [1.29, 1.82) is 0 Å². The Kier molecular flexibility index (Phi) is 5.77. The molecule has 3 nitrogen and oxygen atoms in total. The van der Waals surface area contributed by atoms with Crippen molar-refractivity contribution < 1.29 is 4.79 Å². The van der Waals surface area contributed by atoms with Gasteiger partial charge < -0.3 is 10.6 Å². The summed E-state index contributed by atoms with van der Waals surface area (Å²) < 4.78 is 0. The number of hydrogen-bond donors (Lipinski definition) is 2. The first-order chi connectivity index (χ1) is 6.35. The third-order valence-corrected chi connectivity index (χ3v) is 1.85. The molecule has 0 aliphatic carbocycles. The molecule has 0 spiro atoms. The zero-order chi connectivity index (χ0) is 11.2. The summed E-state index contributed by atoms with van der Waals surface area (Å²) in [5.41, 5.74) is 0.0749. The molecule has 0 bridgehead atoms. The van der Waals surface area contributed by atoms with Gasteiger partial charge >= 0.3 is 0 Å². The van der Waals surface area contributed by atoms with E-state index in [1.165, 1.54) is 0 Å². The summed E-state index contributed by atoms with van der Waals surface area (Å²) in [6, 6.07) is 0.351. The van der Waals surface area contributed by atoms with E-state index in [4.69, 9.17) is 0 Å². The van der Waals surface area contributed by atoms with Crippen molar-refractivity contribution in [2.24, 2.45) is 5.41 Å². The van der Waals surface area contributed by atoms with Crippen molar-refractivity contribution in [1.82, 2.24) is 10.6 Å². The minimum Gasteiger partial charge on any atom is -0.355 e. The highest BCUT2D eigenvalue weighted by Gasteiger charge is 2.15. The van der Waals surface area contributed by atoms with Crippen LogP contribution in [0.5, 0.6) is 0 Å². The normalized spacial score (nSPS) is 13.8. The van der Waals surface area contributed by atoms with Crippen LogP contribution in [0.3, 0.4) is 0 Å². The number of likely N-dealkylation sites (N-methyl/N-ethyl adjacent to an activating group) is 1. The lowest BCUT2D eigenvalue weighted by molar-refractivity contribution is -0.122. The minimum atomic E-state index is 0.0749. The minimum absolute atomic E-state index is 0.0749. The van der Waals surface area contributed by atoms with Gasteiger partial charge in [0.1, 0.15) is 0 Å². The third-order valence-electron chi connectivity index (χ3n) is 1.85. The summed E-state index contributed by atoms with van der Waals surface area (Å²) in [4.78, 5) is 11.4. The van der Waals surface area contributed by atoms with Crippen LogP contribution in [-0.4, -0.2) is 25.0 Å². The largest absolute Gasteiger partial charge is 0.355 e. The fourth-order valence-corrected chi connectivity index (χ4v) is 1.23. The maximum absolute atomic E-state index is 11.4. The predicted octanol–water partition coefficient (Wildman–Crippen LogP) is 1.54. The summed E-state index contributed by atoms with van der Waals surface area (Å²) in [5.74, 6) is 0.141. The Balaban J connectivity index is 3.64. The summed E-state index contributed by atoms with van der Waals surface area (Å²) in [6.07, 6.45) is 0.589. The average Bonchev–Trinajstić information content (AvgIpc) is 1.98. The van der Waals surface area contributed by atoms with Crippen LogP contribution in [0.25, 0.3) is 0 Å². The topological polar surface area (TPSA) is 41.1 Å². The van der Waals surface area contributed by atoms with E-state index < -0.39 is 0 Å². The number of nitrogens with one attached hydrogen (secondary N) is 2. The molecule has 0 aromatic carbocycles. The molecule has 0 aliphatic rings. The second-order valence-corrected chi connectivity index (χ2v) is 5.00. The van der Waals surface area contributed by atoms with E-state index in [2.05, 4.69) is 45.3 Å². The number of carbonyl (C=O) groups excluding carboxylic acids is 1. The van der Waals surface area contributed by atoms with Crippen LogP contribution in [0.2, 0.25) is 0 Å². The summed E-state index contributed by atoms with van der Waals surface area (Å²) in [6.45, 7) is 12.0. The molecule has 1 amide bonds. The Morgan fingerprint density at radius 3 is 2.36 bits per heavy atom. The molecule has 0 aromatic heterocycles. The van der Waals surface area contributed by atoms with E-state index in [1.807, 2.05) is 0 Å². The molecule has 14 heavy (non-hydrogen) atoms. The van der Waals surface area contributed by atoms with Crippen LogP contribution in [0.4, 0.5) is 0 Å². The lowest BCUT2D eigenvalue weighted by Crippen LogP contribution is -2.39. The van der Waals surface area contributed by atoms with Gasteiger partial charge in [0, 0.05) is 19.0 Å². The van der Waals surface area contributed by atoms with Gasteiger partial charge in [0.25, 0.3) is 0 Å². The average molecular weight is 200 g/mol. The van der Waals surface area contributed by atoms with Gasteiger partial charge in [-0.15, -0.1) is 0 Å². The van der Waals surface area contributed by atoms with Crippen molar-refractivity contribution in [2.75, 3.05) is 13.1 Å².